The standard InChI is InChI=1S/C28H30N6O2/c1-21(35)34(17-16-31-28(32-20-29)33-24-12-14-30-15-13-24)18-19-36-27-25-8-4-2-6-22(25)10-11-23-7-3-5-9-26(23)27/h2-9,12-15,27H,10-11,16-19H2,1H3,(H2,30,31,32,33). The molecule has 8 nitrogen and oxygen atoms in total. The molecular weight excluding hydrogens is 452 g/mol. The van der Waals surface area contributed by atoms with Gasteiger partial charge in [0.05, 0.1) is 6.61 Å². The number of aryl methyl sites for hydroxylation is 2. The van der Waals surface area contributed by atoms with Gasteiger partial charge in [0, 0.05) is 44.6 Å². The zero-order valence-electron chi connectivity index (χ0n) is 20.4. The summed E-state index contributed by atoms with van der Waals surface area (Å²) in [6.07, 6.45) is 6.89. The van der Waals surface area contributed by atoms with Crippen molar-refractivity contribution in [2.45, 2.75) is 25.9 Å². The largest absolute Gasteiger partial charge is 0.367 e. The minimum atomic E-state index is -0.161. The number of amides is 1. The molecule has 8 heteroatoms. The first-order chi connectivity index (χ1) is 17.7. The van der Waals surface area contributed by atoms with Crippen LogP contribution in [-0.2, 0) is 22.4 Å². The molecule has 0 bridgehead atoms. The third-order valence-electron chi connectivity index (χ3n) is 6.21. The summed E-state index contributed by atoms with van der Waals surface area (Å²) in [5, 5.41) is 15.1. The Balaban J connectivity index is 1.36. The van der Waals surface area contributed by atoms with Crippen LogP contribution in [0.3, 0.4) is 0 Å². The second-order valence-corrected chi connectivity index (χ2v) is 8.50. The maximum atomic E-state index is 12.3. The van der Waals surface area contributed by atoms with Gasteiger partial charge in [-0.1, -0.05) is 48.5 Å². The van der Waals surface area contributed by atoms with Crippen LogP contribution in [0.5, 0.6) is 0 Å². The number of nitrogens with zero attached hydrogens (tertiary/aromatic N) is 4. The van der Waals surface area contributed by atoms with Crippen LogP contribution in [0.25, 0.3) is 0 Å². The predicted molar refractivity (Wildman–Crippen MR) is 139 cm³/mol. The number of hydrogen-bond donors (Lipinski definition) is 2. The molecule has 0 unspecified atom stereocenters. The molecule has 1 aliphatic carbocycles. The highest BCUT2D eigenvalue weighted by molar-refractivity contribution is 5.94. The normalized spacial score (nSPS) is 13.1. The van der Waals surface area contributed by atoms with Gasteiger partial charge in [0.1, 0.15) is 6.10 Å². The van der Waals surface area contributed by atoms with Gasteiger partial charge < -0.3 is 20.3 Å². The lowest BCUT2D eigenvalue weighted by Crippen LogP contribution is -2.41. The minimum absolute atomic E-state index is 0.0390. The van der Waals surface area contributed by atoms with Crippen LogP contribution in [0.4, 0.5) is 5.69 Å². The number of pyridine rings is 1. The Morgan fingerprint density at radius 2 is 1.69 bits per heavy atom. The maximum Gasteiger partial charge on any atom is 0.219 e. The average molecular weight is 483 g/mol. The molecule has 1 heterocycles. The molecule has 0 spiro atoms. The molecule has 3 aromatic rings. The molecule has 0 fully saturated rings. The molecule has 1 amide bonds. The number of guanidine groups is 1. The molecular formula is C28H30N6O2. The van der Waals surface area contributed by atoms with Crippen LogP contribution >= 0.6 is 0 Å². The van der Waals surface area contributed by atoms with Crippen LogP contribution in [0.2, 0.25) is 0 Å². The maximum absolute atomic E-state index is 12.3. The van der Waals surface area contributed by atoms with E-state index < -0.39 is 0 Å². The number of hydrogen-bond acceptors (Lipinski definition) is 5. The molecule has 2 aromatic carbocycles. The molecule has 0 saturated heterocycles. The van der Waals surface area contributed by atoms with Crippen LogP contribution in [0.15, 0.2) is 78.0 Å². The van der Waals surface area contributed by atoms with Gasteiger partial charge in [0.25, 0.3) is 0 Å². The summed E-state index contributed by atoms with van der Waals surface area (Å²) in [6, 6.07) is 20.4. The van der Waals surface area contributed by atoms with Crippen molar-refractivity contribution in [2.24, 2.45) is 4.99 Å². The molecule has 36 heavy (non-hydrogen) atoms. The van der Waals surface area contributed by atoms with Crippen LogP contribution in [0, 0.1) is 11.5 Å². The van der Waals surface area contributed by atoms with Gasteiger partial charge in [-0.05, 0) is 47.2 Å². The van der Waals surface area contributed by atoms with Gasteiger partial charge in [-0.2, -0.15) is 5.26 Å². The van der Waals surface area contributed by atoms with E-state index in [2.05, 4.69) is 69.1 Å². The van der Waals surface area contributed by atoms with Crippen molar-refractivity contribution in [1.82, 2.24) is 15.2 Å². The highest BCUT2D eigenvalue weighted by Gasteiger charge is 2.24. The summed E-state index contributed by atoms with van der Waals surface area (Å²) in [4.78, 5) is 21.8. The van der Waals surface area contributed by atoms with E-state index in [0.29, 0.717) is 32.2 Å². The number of aliphatic imine (C=N–C) groups is 1. The number of ether oxygens (including phenoxy) is 1. The molecule has 0 saturated carbocycles. The number of fused-ring (bicyclic) bond motifs is 2. The molecule has 2 N–H and O–H groups in total. The number of aromatic nitrogens is 1. The lowest BCUT2D eigenvalue weighted by atomic mass is 9.97. The SMILES string of the molecule is CC(=O)N(CCNC(=NC#N)Nc1ccncc1)CCOC1c2ccccc2CCc2ccccc21. The zero-order valence-corrected chi connectivity index (χ0v) is 20.4. The fourth-order valence-electron chi connectivity index (χ4n) is 4.40. The van der Waals surface area contributed by atoms with Crippen molar-refractivity contribution in [3.05, 3.63) is 95.3 Å². The monoisotopic (exact) mass is 482 g/mol. The van der Waals surface area contributed by atoms with Gasteiger partial charge >= 0.3 is 0 Å². The number of carbonyl (C=O) groups excluding carboxylic acids is 1. The zero-order chi connectivity index (χ0) is 25.2. The van der Waals surface area contributed by atoms with E-state index in [1.807, 2.05) is 0 Å². The van der Waals surface area contributed by atoms with Crippen LogP contribution < -0.4 is 10.6 Å². The van der Waals surface area contributed by atoms with Crippen molar-refractivity contribution in [3.8, 4) is 6.19 Å². The smallest absolute Gasteiger partial charge is 0.219 e. The number of benzene rings is 2. The van der Waals surface area contributed by atoms with Gasteiger partial charge in [0.15, 0.2) is 0 Å². The minimum Gasteiger partial charge on any atom is -0.367 e. The first kappa shape index (κ1) is 24.9. The van der Waals surface area contributed by atoms with E-state index in [-0.39, 0.29) is 12.0 Å². The van der Waals surface area contributed by atoms with Crippen molar-refractivity contribution in [1.29, 1.82) is 5.26 Å². The number of rotatable bonds is 8. The van der Waals surface area contributed by atoms with Crippen molar-refractivity contribution >= 4 is 17.6 Å². The number of anilines is 1. The van der Waals surface area contributed by atoms with Gasteiger partial charge in [-0.3, -0.25) is 9.78 Å². The summed E-state index contributed by atoms with van der Waals surface area (Å²) in [5.41, 5.74) is 5.75. The van der Waals surface area contributed by atoms with Crippen molar-refractivity contribution in [2.75, 3.05) is 31.6 Å². The second-order valence-electron chi connectivity index (χ2n) is 8.50. The van der Waals surface area contributed by atoms with Crippen molar-refractivity contribution in [3.63, 3.8) is 0 Å². The lowest BCUT2D eigenvalue weighted by molar-refractivity contribution is -0.129. The number of nitrogens with one attached hydrogen (secondary N) is 2. The van der Waals surface area contributed by atoms with E-state index >= 15 is 0 Å². The van der Waals surface area contributed by atoms with E-state index in [4.69, 9.17) is 10.00 Å². The summed E-state index contributed by atoms with van der Waals surface area (Å²) >= 11 is 0. The Hall–Kier alpha value is -4.22. The highest BCUT2D eigenvalue weighted by atomic mass is 16.5. The van der Waals surface area contributed by atoms with Crippen LogP contribution in [0.1, 0.15) is 35.3 Å². The Labute approximate surface area is 211 Å². The molecule has 0 aliphatic heterocycles. The van der Waals surface area contributed by atoms with Gasteiger partial charge in [-0.15, -0.1) is 4.99 Å². The topological polar surface area (TPSA) is 103 Å². The molecule has 0 radical (unpaired) electrons. The predicted octanol–water partition coefficient (Wildman–Crippen LogP) is 3.67. The molecule has 184 valence electrons. The average Bonchev–Trinajstić information content (AvgIpc) is 3.05. The summed E-state index contributed by atoms with van der Waals surface area (Å²) in [6.45, 7) is 3.28. The summed E-state index contributed by atoms with van der Waals surface area (Å²) < 4.78 is 6.44. The van der Waals surface area contributed by atoms with E-state index in [1.54, 1.807) is 42.5 Å². The quantitative estimate of drug-likeness (QED) is 0.289. The van der Waals surface area contributed by atoms with Crippen LogP contribution in [-0.4, -0.2) is 48.0 Å². The number of carbonyl (C=O) groups is 1. The fourth-order valence-corrected chi connectivity index (χ4v) is 4.40. The highest BCUT2D eigenvalue weighted by Crippen LogP contribution is 2.34. The molecule has 1 aliphatic rings. The summed E-state index contributed by atoms with van der Waals surface area (Å²) in [5.74, 6) is 0.276. The lowest BCUT2D eigenvalue weighted by Gasteiger charge is -2.25. The summed E-state index contributed by atoms with van der Waals surface area (Å²) in [7, 11) is 0. The fraction of sp³-hybridized carbons (Fsp3) is 0.286. The van der Waals surface area contributed by atoms with Gasteiger partial charge in [-0.25, -0.2) is 0 Å². The number of nitriles is 1. The Morgan fingerprint density at radius 3 is 2.31 bits per heavy atom. The Bertz CT molecular complexity index is 1190. The third-order valence-corrected chi connectivity index (χ3v) is 6.21. The van der Waals surface area contributed by atoms with Crippen molar-refractivity contribution < 1.29 is 9.53 Å². The van der Waals surface area contributed by atoms with Gasteiger partial charge in [0.2, 0.25) is 18.1 Å². The third kappa shape index (κ3) is 6.46. The molecule has 0 atom stereocenters. The van der Waals surface area contributed by atoms with E-state index in [0.717, 1.165) is 18.5 Å². The Kier molecular flexibility index (Phi) is 8.62. The van der Waals surface area contributed by atoms with E-state index in [1.165, 1.54) is 22.3 Å². The Morgan fingerprint density at radius 1 is 1.06 bits per heavy atom. The first-order valence-corrected chi connectivity index (χ1v) is 12.1. The first-order valence-electron chi connectivity index (χ1n) is 12.1. The van der Waals surface area contributed by atoms with E-state index in [9.17, 15) is 4.79 Å². The molecule has 4 rings (SSSR count). The molecule has 1 aromatic heterocycles. The second kappa shape index (κ2) is 12.5.